The van der Waals surface area contributed by atoms with Gasteiger partial charge in [0.25, 0.3) is 0 Å². The Kier molecular flexibility index (Phi) is 6.89. The molecular formula is C30H42O10. The zero-order valence-corrected chi connectivity index (χ0v) is 23.1. The number of aliphatic hydroxyl groups is 5. The number of hydrogen-bond donors (Lipinski definition) is 5. The van der Waals surface area contributed by atoms with Crippen molar-refractivity contribution in [2.24, 2.45) is 22.7 Å². The second-order valence-corrected chi connectivity index (χ2v) is 13.5. The normalized spacial score (nSPS) is 52.3. The first-order valence-corrected chi connectivity index (χ1v) is 14.7. The van der Waals surface area contributed by atoms with Crippen LogP contribution in [-0.4, -0.2) is 79.8 Å². The Balaban J connectivity index is 1.23. The molecule has 40 heavy (non-hydrogen) atoms. The maximum Gasteiger partial charge on any atom is 0.335 e. The van der Waals surface area contributed by atoms with Crippen molar-refractivity contribution in [2.75, 3.05) is 0 Å². The molecule has 0 bridgehead atoms. The van der Waals surface area contributed by atoms with Gasteiger partial charge in [-0.2, -0.15) is 0 Å². The van der Waals surface area contributed by atoms with Crippen LogP contribution < -0.4 is 5.63 Å². The standard InChI is InChI=1S/C30H42O10/c1-16-23(33)24(34)25(35)26(39-16)40-18-5-10-28(15-31)20-6-9-27(2)19(17-3-4-22(32)38-14-17)8-12-30(27,37)21(20)7-11-29(28,36)13-18/h3-4,14-16,18-21,23-26,33-37H,5-13H2,1-2H3/t16-,18+,19+,20-,21-,23+,24-,25-,26+,27+,28-,29+,30+/m1/s1. The van der Waals surface area contributed by atoms with Crippen LogP contribution in [0, 0.1) is 22.7 Å². The maximum atomic E-state index is 13.0. The minimum atomic E-state index is -1.44. The molecule has 0 unspecified atom stereocenters. The molecule has 4 saturated carbocycles. The monoisotopic (exact) mass is 562 g/mol. The third-order valence-electron chi connectivity index (χ3n) is 12.0. The minimum Gasteiger partial charge on any atom is -0.431 e. The van der Waals surface area contributed by atoms with Crippen molar-refractivity contribution in [1.29, 1.82) is 0 Å². The van der Waals surface area contributed by atoms with Crippen molar-refractivity contribution in [3.05, 3.63) is 34.4 Å². The number of ether oxygens (including phenoxy) is 2. The van der Waals surface area contributed by atoms with Crippen LogP contribution in [0.1, 0.15) is 83.1 Å². The highest BCUT2D eigenvalue weighted by molar-refractivity contribution is 5.64. The summed E-state index contributed by atoms with van der Waals surface area (Å²) in [5, 5.41) is 55.1. The van der Waals surface area contributed by atoms with Crippen LogP contribution in [0.15, 0.2) is 27.6 Å². The average Bonchev–Trinajstić information content (AvgIpc) is 3.21. The molecule has 1 aromatic heterocycles. The number of aliphatic hydroxyl groups excluding tert-OH is 3. The fraction of sp³-hybridized carbons (Fsp3) is 0.800. The van der Waals surface area contributed by atoms with E-state index in [9.17, 15) is 35.1 Å². The molecule has 5 fully saturated rings. The van der Waals surface area contributed by atoms with Crippen molar-refractivity contribution in [1.82, 2.24) is 0 Å². The molecule has 1 aliphatic heterocycles. The average molecular weight is 563 g/mol. The van der Waals surface area contributed by atoms with Crippen LogP contribution >= 0.6 is 0 Å². The van der Waals surface area contributed by atoms with E-state index < -0.39 is 64.5 Å². The highest BCUT2D eigenvalue weighted by Gasteiger charge is 2.71. The highest BCUT2D eigenvalue weighted by atomic mass is 16.7. The van der Waals surface area contributed by atoms with Crippen molar-refractivity contribution in [2.45, 2.75) is 126 Å². The molecule has 10 heteroatoms. The number of fused-ring (bicyclic) bond motifs is 5. The van der Waals surface area contributed by atoms with E-state index in [0.29, 0.717) is 44.9 Å². The molecule has 5 aliphatic rings. The molecule has 4 aliphatic carbocycles. The SMILES string of the molecule is C[C@H]1O[C@@H](O[C@H]2CC[C@@]3(C=O)[C@@H]4CC[C@@]5(C)[C@H](c6ccc(=O)oc6)CC[C@]5(O)[C@@H]4CC[C@]3(O)C2)[C@H](O)[C@H](O)[C@H]1O. The van der Waals surface area contributed by atoms with Crippen molar-refractivity contribution >= 4 is 6.29 Å². The van der Waals surface area contributed by atoms with Crippen LogP contribution in [-0.2, 0) is 14.3 Å². The van der Waals surface area contributed by atoms with Crippen molar-refractivity contribution in [3.8, 4) is 0 Å². The molecule has 6 rings (SSSR count). The van der Waals surface area contributed by atoms with Gasteiger partial charge in [-0.05, 0) is 87.7 Å². The molecule has 5 N–H and O–H groups in total. The zero-order valence-electron chi connectivity index (χ0n) is 23.1. The van der Waals surface area contributed by atoms with Crippen LogP contribution in [0.25, 0.3) is 0 Å². The Morgan fingerprint density at radius 2 is 1.70 bits per heavy atom. The van der Waals surface area contributed by atoms with Gasteiger partial charge in [-0.3, -0.25) is 0 Å². The van der Waals surface area contributed by atoms with Crippen molar-refractivity contribution in [3.63, 3.8) is 0 Å². The van der Waals surface area contributed by atoms with E-state index in [-0.39, 0.29) is 24.2 Å². The first kappa shape index (κ1) is 28.5. The summed E-state index contributed by atoms with van der Waals surface area (Å²) in [5.41, 5.74) is -3.34. The first-order valence-electron chi connectivity index (χ1n) is 14.7. The summed E-state index contributed by atoms with van der Waals surface area (Å²) in [7, 11) is 0. The van der Waals surface area contributed by atoms with Crippen LogP contribution in [0.2, 0.25) is 0 Å². The molecule has 0 radical (unpaired) electrons. The summed E-state index contributed by atoms with van der Waals surface area (Å²) in [6.45, 7) is 3.71. The fourth-order valence-corrected chi connectivity index (χ4v) is 9.67. The molecule has 1 aromatic rings. The van der Waals surface area contributed by atoms with Gasteiger partial charge in [-0.1, -0.05) is 6.92 Å². The third-order valence-corrected chi connectivity index (χ3v) is 12.0. The van der Waals surface area contributed by atoms with Crippen LogP contribution in [0.3, 0.4) is 0 Å². The number of carbonyl (C=O) groups excluding carboxylic acids is 1. The van der Waals surface area contributed by atoms with Gasteiger partial charge in [0.1, 0.15) is 24.6 Å². The van der Waals surface area contributed by atoms with E-state index in [2.05, 4.69) is 6.92 Å². The maximum absolute atomic E-state index is 13.0. The lowest BCUT2D eigenvalue weighted by Crippen LogP contribution is -2.69. The summed E-state index contributed by atoms with van der Waals surface area (Å²) >= 11 is 0. The van der Waals surface area contributed by atoms with E-state index >= 15 is 0 Å². The lowest BCUT2D eigenvalue weighted by atomic mass is 9.41. The lowest BCUT2D eigenvalue weighted by Gasteiger charge is -2.65. The van der Waals surface area contributed by atoms with Gasteiger partial charge < -0.3 is 44.2 Å². The summed E-state index contributed by atoms with van der Waals surface area (Å²) in [5.74, 6) is -0.322. The van der Waals surface area contributed by atoms with Gasteiger partial charge in [0.05, 0.1) is 35.1 Å². The Hall–Kier alpha value is -1.66. The van der Waals surface area contributed by atoms with Gasteiger partial charge in [0.2, 0.25) is 0 Å². The largest absolute Gasteiger partial charge is 0.431 e. The van der Waals surface area contributed by atoms with Gasteiger partial charge >= 0.3 is 5.63 Å². The quantitative estimate of drug-likeness (QED) is 0.267. The Morgan fingerprint density at radius 3 is 2.40 bits per heavy atom. The van der Waals surface area contributed by atoms with E-state index in [1.54, 1.807) is 13.0 Å². The van der Waals surface area contributed by atoms with E-state index in [1.165, 1.54) is 12.3 Å². The molecular weight excluding hydrogens is 520 g/mol. The number of carbonyl (C=O) groups is 1. The van der Waals surface area contributed by atoms with Gasteiger partial charge in [0.15, 0.2) is 6.29 Å². The minimum absolute atomic E-state index is 0.0260. The Morgan fingerprint density at radius 1 is 0.950 bits per heavy atom. The van der Waals surface area contributed by atoms with Gasteiger partial charge in [0, 0.05) is 17.9 Å². The topological polar surface area (TPSA) is 167 Å². The molecule has 0 amide bonds. The van der Waals surface area contributed by atoms with Crippen LogP contribution in [0.5, 0.6) is 0 Å². The van der Waals surface area contributed by atoms with E-state index in [1.807, 2.05) is 0 Å². The second kappa shape index (κ2) is 9.69. The summed E-state index contributed by atoms with van der Waals surface area (Å²) in [6.07, 6.45) is 0.559. The number of rotatable bonds is 4. The lowest BCUT2D eigenvalue weighted by molar-refractivity contribution is -0.317. The second-order valence-electron chi connectivity index (χ2n) is 13.5. The highest BCUT2D eigenvalue weighted by Crippen LogP contribution is 2.71. The number of aldehydes is 1. The summed E-state index contributed by atoms with van der Waals surface area (Å²) in [6, 6.07) is 3.21. The summed E-state index contributed by atoms with van der Waals surface area (Å²) < 4.78 is 16.8. The Labute approximate surface area is 233 Å². The van der Waals surface area contributed by atoms with Gasteiger partial charge in [-0.15, -0.1) is 0 Å². The van der Waals surface area contributed by atoms with E-state index in [4.69, 9.17) is 13.9 Å². The smallest absolute Gasteiger partial charge is 0.335 e. The summed E-state index contributed by atoms with van der Waals surface area (Å²) in [4.78, 5) is 24.5. The molecule has 0 aromatic carbocycles. The predicted octanol–water partition coefficient (Wildman–Crippen LogP) is 1.39. The molecule has 222 valence electrons. The third kappa shape index (κ3) is 3.87. The van der Waals surface area contributed by atoms with Gasteiger partial charge in [-0.25, -0.2) is 4.79 Å². The molecule has 0 spiro atoms. The first-order chi connectivity index (χ1) is 18.9. The van der Waals surface area contributed by atoms with E-state index in [0.717, 1.165) is 18.3 Å². The molecule has 2 heterocycles. The Bertz CT molecular complexity index is 1170. The van der Waals surface area contributed by atoms with Crippen molar-refractivity contribution < 1.29 is 44.2 Å². The molecule has 1 saturated heterocycles. The predicted molar refractivity (Wildman–Crippen MR) is 140 cm³/mol. The van der Waals surface area contributed by atoms with Crippen LogP contribution in [0.4, 0.5) is 0 Å². The zero-order chi connectivity index (χ0) is 28.7. The number of hydrogen-bond acceptors (Lipinski definition) is 10. The fourth-order valence-electron chi connectivity index (χ4n) is 9.67. The molecule has 10 nitrogen and oxygen atoms in total. The molecule has 13 atom stereocenters.